The van der Waals surface area contributed by atoms with Crippen LogP contribution in [-0.2, 0) is 9.53 Å². The monoisotopic (exact) mass is 353 g/mol. The number of hydrogen-bond donors (Lipinski definition) is 0. The van der Waals surface area contributed by atoms with Crippen molar-refractivity contribution in [3.05, 3.63) is 59.7 Å². The van der Waals surface area contributed by atoms with Crippen molar-refractivity contribution in [2.45, 2.75) is 26.4 Å². The lowest BCUT2D eigenvalue weighted by Crippen LogP contribution is -2.29. The summed E-state index contributed by atoms with van der Waals surface area (Å²) in [6.07, 6.45) is 0. The fourth-order valence-corrected chi connectivity index (χ4v) is 2.63. The van der Waals surface area contributed by atoms with Crippen molar-refractivity contribution in [2.24, 2.45) is 0 Å². The van der Waals surface area contributed by atoms with Gasteiger partial charge in [0.05, 0.1) is 16.8 Å². The van der Waals surface area contributed by atoms with Crippen molar-refractivity contribution in [3.8, 4) is 5.75 Å². The summed E-state index contributed by atoms with van der Waals surface area (Å²) in [5.41, 5.74) is 0.654. The first kappa shape index (κ1) is 17.7. The molecule has 2 aromatic carbocycles. The Morgan fingerprint density at radius 2 is 1.46 bits per heavy atom. The van der Waals surface area contributed by atoms with Gasteiger partial charge in [0.15, 0.2) is 6.61 Å². The van der Waals surface area contributed by atoms with Crippen molar-refractivity contribution in [3.63, 3.8) is 0 Å². The first-order chi connectivity index (χ1) is 12.3. The lowest BCUT2D eigenvalue weighted by atomic mass is 10.1. The van der Waals surface area contributed by atoms with E-state index in [-0.39, 0.29) is 18.4 Å². The van der Waals surface area contributed by atoms with Gasteiger partial charge in [0.2, 0.25) is 0 Å². The highest BCUT2D eigenvalue weighted by atomic mass is 16.6. The van der Waals surface area contributed by atoms with E-state index in [2.05, 4.69) is 0 Å². The van der Waals surface area contributed by atoms with Crippen molar-refractivity contribution in [1.29, 1.82) is 0 Å². The molecule has 0 bridgehead atoms. The number of benzene rings is 2. The lowest BCUT2D eigenvalue weighted by molar-refractivity contribution is -0.157. The number of amides is 2. The molecule has 134 valence electrons. The van der Waals surface area contributed by atoms with Crippen LogP contribution in [0.25, 0.3) is 0 Å². The number of fused-ring (bicyclic) bond motifs is 1. The van der Waals surface area contributed by atoms with E-state index in [0.29, 0.717) is 22.6 Å². The molecule has 0 aromatic heterocycles. The van der Waals surface area contributed by atoms with Crippen LogP contribution in [0.5, 0.6) is 5.75 Å². The van der Waals surface area contributed by atoms with E-state index in [1.807, 2.05) is 0 Å². The van der Waals surface area contributed by atoms with Crippen LogP contribution < -0.4 is 9.64 Å². The smallest absolute Gasteiger partial charge is 0.344 e. The molecule has 0 aliphatic carbocycles. The molecule has 0 spiro atoms. The quantitative estimate of drug-likeness (QED) is 0.623. The molecule has 0 atom stereocenters. The van der Waals surface area contributed by atoms with Crippen molar-refractivity contribution < 1.29 is 23.9 Å². The van der Waals surface area contributed by atoms with Crippen LogP contribution in [0.15, 0.2) is 48.5 Å². The van der Waals surface area contributed by atoms with Gasteiger partial charge in [-0.2, -0.15) is 0 Å². The van der Waals surface area contributed by atoms with Gasteiger partial charge in [-0.1, -0.05) is 12.1 Å². The third-order valence-corrected chi connectivity index (χ3v) is 3.67. The van der Waals surface area contributed by atoms with E-state index in [9.17, 15) is 14.4 Å². The van der Waals surface area contributed by atoms with Crippen LogP contribution in [0.4, 0.5) is 5.69 Å². The van der Waals surface area contributed by atoms with E-state index in [1.54, 1.807) is 69.3 Å². The van der Waals surface area contributed by atoms with Gasteiger partial charge in [-0.25, -0.2) is 9.69 Å². The molecule has 0 unspecified atom stereocenters. The summed E-state index contributed by atoms with van der Waals surface area (Å²) in [7, 11) is 0. The molecule has 0 N–H and O–H groups in total. The normalized spacial score (nSPS) is 13.6. The van der Waals surface area contributed by atoms with Gasteiger partial charge in [0, 0.05) is 0 Å². The molecule has 2 aromatic rings. The van der Waals surface area contributed by atoms with Gasteiger partial charge >= 0.3 is 5.97 Å². The zero-order chi connectivity index (χ0) is 18.9. The molecule has 0 fully saturated rings. The number of nitrogens with zero attached hydrogens (tertiary/aromatic N) is 1. The molecule has 26 heavy (non-hydrogen) atoms. The molecule has 0 radical (unpaired) electrons. The van der Waals surface area contributed by atoms with Crippen LogP contribution >= 0.6 is 0 Å². The fourth-order valence-electron chi connectivity index (χ4n) is 2.63. The molecule has 0 saturated carbocycles. The Kier molecular flexibility index (Phi) is 4.50. The number of rotatable bonds is 4. The minimum absolute atomic E-state index is 0.219. The summed E-state index contributed by atoms with van der Waals surface area (Å²) in [5, 5.41) is 0. The second-order valence-corrected chi connectivity index (χ2v) is 6.86. The average molecular weight is 353 g/mol. The second kappa shape index (κ2) is 6.63. The molecular formula is C20H19NO5. The Morgan fingerprint density at radius 3 is 1.96 bits per heavy atom. The summed E-state index contributed by atoms with van der Waals surface area (Å²) >= 11 is 0. The lowest BCUT2D eigenvalue weighted by Gasteiger charge is -2.19. The highest BCUT2D eigenvalue weighted by Gasteiger charge is 2.36. The summed E-state index contributed by atoms with van der Waals surface area (Å²) in [6, 6.07) is 13.1. The Labute approximate surface area is 151 Å². The third kappa shape index (κ3) is 3.59. The molecule has 6 nitrogen and oxygen atoms in total. The summed E-state index contributed by atoms with van der Waals surface area (Å²) in [4.78, 5) is 37.7. The number of imide groups is 1. The maximum absolute atomic E-state index is 12.5. The zero-order valence-corrected chi connectivity index (χ0v) is 14.8. The Hall–Kier alpha value is -3.15. The molecule has 0 saturated heterocycles. The minimum atomic E-state index is -0.574. The Balaban J connectivity index is 1.68. The average Bonchev–Trinajstić information content (AvgIpc) is 2.84. The predicted octanol–water partition coefficient (Wildman–Crippen LogP) is 3.21. The van der Waals surface area contributed by atoms with Crippen LogP contribution in [0.1, 0.15) is 41.5 Å². The number of carbonyl (C=O) groups is 3. The number of anilines is 1. The van der Waals surface area contributed by atoms with E-state index < -0.39 is 11.6 Å². The molecule has 1 heterocycles. The SMILES string of the molecule is CC(C)(C)OC(=O)COc1ccc(N2C(=O)c3ccccc3C2=O)cc1. The summed E-state index contributed by atoms with van der Waals surface area (Å²) < 4.78 is 10.6. The van der Waals surface area contributed by atoms with Crippen molar-refractivity contribution in [2.75, 3.05) is 11.5 Å². The van der Waals surface area contributed by atoms with Gasteiger partial charge in [-0.3, -0.25) is 9.59 Å². The molecule has 1 aliphatic heterocycles. The number of hydrogen-bond acceptors (Lipinski definition) is 5. The van der Waals surface area contributed by atoms with Gasteiger partial charge in [0.25, 0.3) is 11.8 Å². The number of carbonyl (C=O) groups excluding carboxylic acids is 3. The van der Waals surface area contributed by atoms with Crippen molar-refractivity contribution in [1.82, 2.24) is 0 Å². The molecular weight excluding hydrogens is 334 g/mol. The first-order valence-corrected chi connectivity index (χ1v) is 8.19. The van der Waals surface area contributed by atoms with Crippen LogP contribution in [0.3, 0.4) is 0 Å². The number of esters is 1. The van der Waals surface area contributed by atoms with E-state index in [1.165, 1.54) is 0 Å². The molecule has 3 rings (SSSR count). The summed E-state index contributed by atoms with van der Waals surface area (Å²) in [5.74, 6) is -0.737. The maximum Gasteiger partial charge on any atom is 0.344 e. The van der Waals surface area contributed by atoms with Crippen molar-refractivity contribution >= 4 is 23.5 Å². The van der Waals surface area contributed by atoms with Gasteiger partial charge in [-0.15, -0.1) is 0 Å². The van der Waals surface area contributed by atoms with Gasteiger partial charge in [0.1, 0.15) is 11.4 Å². The first-order valence-electron chi connectivity index (χ1n) is 8.19. The standard InChI is InChI=1S/C20H19NO5/c1-20(2,3)26-17(22)12-25-14-10-8-13(9-11-14)21-18(23)15-6-4-5-7-16(15)19(21)24/h4-11H,12H2,1-3H3. The van der Waals surface area contributed by atoms with E-state index >= 15 is 0 Å². The largest absolute Gasteiger partial charge is 0.482 e. The highest BCUT2D eigenvalue weighted by Crippen LogP contribution is 2.29. The molecule has 2 amide bonds. The topological polar surface area (TPSA) is 72.9 Å². The Bertz CT molecular complexity index is 830. The molecule has 1 aliphatic rings. The van der Waals surface area contributed by atoms with E-state index in [0.717, 1.165) is 4.90 Å². The van der Waals surface area contributed by atoms with E-state index in [4.69, 9.17) is 9.47 Å². The Morgan fingerprint density at radius 1 is 0.923 bits per heavy atom. The second-order valence-electron chi connectivity index (χ2n) is 6.86. The van der Waals surface area contributed by atoms with Crippen LogP contribution in [0, 0.1) is 0 Å². The fraction of sp³-hybridized carbons (Fsp3) is 0.250. The van der Waals surface area contributed by atoms with Gasteiger partial charge < -0.3 is 9.47 Å². The summed E-state index contributed by atoms with van der Waals surface area (Å²) in [6.45, 7) is 5.12. The maximum atomic E-state index is 12.5. The third-order valence-electron chi connectivity index (χ3n) is 3.67. The zero-order valence-electron chi connectivity index (χ0n) is 14.8. The highest BCUT2D eigenvalue weighted by molar-refractivity contribution is 6.34. The van der Waals surface area contributed by atoms with Crippen LogP contribution in [-0.4, -0.2) is 30.0 Å². The number of ether oxygens (including phenoxy) is 2. The molecule has 6 heteroatoms. The van der Waals surface area contributed by atoms with Crippen LogP contribution in [0.2, 0.25) is 0 Å². The predicted molar refractivity (Wildman–Crippen MR) is 95.4 cm³/mol. The van der Waals surface area contributed by atoms with Gasteiger partial charge in [-0.05, 0) is 57.2 Å². The minimum Gasteiger partial charge on any atom is -0.482 e.